The summed E-state index contributed by atoms with van der Waals surface area (Å²) < 4.78 is 3.32. The van der Waals surface area contributed by atoms with Gasteiger partial charge in [-0.05, 0) is 73.2 Å². The maximum atomic E-state index is 13.9. The quantitative estimate of drug-likeness (QED) is 0.225. The van der Waals surface area contributed by atoms with E-state index < -0.39 is 0 Å². The first-order valence-electron chi connectivity index (χ1n) is 14.5. The number of fused-ring (bicyclic) bond motifs is 2. The van der Waals surface area contributed by atoms with E-state index in [4.69, 9.17) is 9.97 Å². The highest BCUT2D eigenvalue weighted by atomic mass is 16.2. The van der Waals surface area contributed by atoms with Crippen LogP contribution in [0.2, 0.25) is 0 Å². The van der Waals surface area contributed by atoms with Crippen LogP contribution < -0.4 is 15.5 Å². The lowest BCUT2D eigenvalue weighted by Crippen LogP contribution is -2.35. The lowest BCUT2D eigenvalue weighted by molar-refractivity contribution is 0.255. The molecule has 2 aliphatic rings. The third-order valence-corrected chi connectivity index (χ3v) is 8.06. The summed E-state index contributed by atoms with van der Waals surface area (Å²) in [5.41, 5.74) is 5.02. The predicted octanol–water partition coefficient (Wildman–Crippen LogP) is 6.90. The molecule has 1 atom stereocenters. The Balaban J connectivity index is 1.21. The molecule has 0 bridgehead atoms. The van der Waals surface area contributed by atoms with Crippen molar-refractivity contribution < 1.29 is 4.79 Å². The standard InChI is InChI=1S/C36H26N6O2/c43-35-39(25-13-3-1-4-14-25)29-19-7-9-21-31(29)41(35)33-23-11-17-27(37-33)28-18-12-24-34(38-28)42-32-22-10-8-20-30(32)40(36(42)44)26-15-5-2-6-16-26/h1-19,21-24,30H,20H2. The number of carbonyl (C=O) groups is 1. The molecule has 8 nitrogen and oxygen atoms in total. The van der Waals surface area contributed by atoms with Crippen molar-refractivity contribution >= 4 is 28.6 Å². The molecule has 1 unspecified atom stereocenters. The van der Waals surface area contributed by atoms with E-state index in [1.165, 1.54) is 0 Å². The van der Waals surface area contributed by atoms with Crippen LogP contribution in [0.3, 0.4) is 0 Å². The molecule has 0 radical (unpaired) electrons. The molecular formula is C36H26N6O2. The second-order valence-electron chi connectivity index (χ2n) is 10.6. The van der Waals surface area contributed by atoms with Crippen LogP contribution in [-0.2, 0) is 0 Å². The van der Waals surface area contributed by atoms with E-state index in [9.17, 15) is 9.59 Å². The number of urea groups is 1. The Hall–Kier alpha value is -6.02. The van der Waals surface area contributed by atoms with Gasteiger partial charge in [-0.15, -0.1) is 0 Å². The first-order chi connectivity index (χ1) is 21.7. The summed E-state index contributed by atoms with van der Waals surface area (Å²) in [4.78, 5) is 41.2. The molecule has 1 aliphatic heterocycles. The molecule has 212 valence electrons. The second-order valence-corrected chi connectivity index (χ2v) is 10.6. The topological polar surface area (TPSA) is 76.3 Å². The molecule has 6 aromatic rings. The third kappa shape index (κ3) is 4.07. The highest BCUT2D eigenvalue weighted by Gasteiger charge is 2.44. The van der Waals surface area contributed by atoms with E-state index in [-0.39, 0.29) is 17.8 Å². The molecule has 2 amide bonds. The van der Waals surface area contributed by atoms with Crippen LogP contribution in [0.1, 0.15) is 6.42 Å². The van der Waals surface area contributed by atoms with Crippen molar-refractivity contribution in [2.45, 2.75) is 12.5 Å². The average Bonchev–Trinajstić information content (AvgIpc) is 3.55. The van der Waals surface area contributed by atoms with Crippen molar-refractivity contribution in [1.29, 1.82) is 0 Å². The minimum Gasteiger partial charge on any atom is -0.284 e. The van der Waals surface area contributed by atoms with E-state index in [1.807, 2.05) is 138 Å². The van der Waals surface area contributed by atoms with Gasteiger partial charge in [-0.25, -0.2) is 29.0 Å². The van der Waals surface area contributed by atoms with E-state index >= 15 is 0 Å². The number of anilines is 2. The molecule has 3 aromatic heterocycles. The van der Waals surface area contributed by atoms with Gasteiger partial charge in [0.25, 0.3) is 0 Å². The number of amides is 2. The number of benzene rings is 3. The number of aromatic nitrogens is 4. The number of imidazole rings is 1. The predicted molar refractivity (Wildman–Crippen MR) is 172 cm³/mol. The van der Waals surface area contributed by atoms with Gasteiger partial charge in [0.2, 0.25) is 0 Å². The highest BCUT2D eigenvalue weighted by Crippen LogP contribution is 2.38. The van der Waals surface area contributed by atoms with Crippen molar-refractivity contribution in [1.82, 2.24) is 19.1 Å². The normalized spacial score (nSPS) is 16.0. The van der Waals surface area contributed by atoms with E-state index in [0.29, 0.717) is 23.0 Å². The fourth-order valence-corrected chi connectivity index (χ4v) is 6.11. The Kier molecular flexibility index (Phi) is 6.04. The Morgan fingerprint density at radius 2 is 1.18 bits per heavy atom. The third-order valence-electron chi connectivity index (χ3n) is 8.06. The van der Waals surface area contributed by atoms with Gasteiger partial charge in [0.15, 0.2) is 0 Å². The van der Waals surface area contributed by atoms with Crippen LogP contribution in [-0.4, -0.2) is 31.2 Å². The number of pyridine rings is 2. The first kappa shape index (κ1) is 25.7. The van der Waals surface area contributed by atoms with Crippen LogP contribution in [0.15, 0.2) is 150 Å². The van der Waals surface area contributed by atoms with Gasteiger partial charge in [-0.1, -0.05) is 72.8 Å². The number of hydrogen-bond acceptors (Lipinski definition) is 4. The maximum Gasteiger partial charge on any atom is 0.339 e. The van der Waals surface area contributed by atoms with Crippen LogP contribution in [0.5, 0.6) is 0 Å². The zero-order valence-corrected chi connectivity index (χ0v) is 23.6. The van der Waals surface area contributed by atoms with Gasteiger partial charge in [0, 0.05) is 5.69 Å². The minimum absolute atomic E-state index is 0.115. The van der Waals surface area contributed by atoms with Gasteiger partial charge in [-0.2, -0.15) is 0 Å². The molecule has 0 spiro atoms. The number of rotatable bonds is 5. The van der Waals surface area contributed by atoms with Crippen LogP contribution >= 0.6 is 0 Å². The molecule has 3 aromatic carbocycles. The van der Waals surface area contributed by atoms with Gasteiger partial charge in [0.1, 0.15) is 11.6 Å². The Morgan fingerprint density at radius 1 is 0.591 bits per heavy atom. The summed E-state index contributed by atoms with van der Waals surface area (Å²) in [5, 5.41) is 0. The van der Waals surface area contributed by atoms with Crippen LogP contribution in [0, 0.1) is 0 Å². The number of hydrogen-bond donors (Lipinski definition) is 0. The molecule has 0 saturated carbocycles. The Labute approximate surface area is 253 Å². The van der Waals surface area contributed by atoms with Gasteiger partial charge in [-0.3, -0.25) is 9.47 Å². The molecule has 8 heteroatoms. The Morgan fingerprint density at radius 3 is 1.89 bits per heavy atom. The summed E-state index contributed by atoms with van der Waals surface area (Å²) in [7, 11) is 0. The summed E-state index contributed by atoms with van der Waals surface area (Å²) in [6, 6.07) is 37.9. The van der Waals surface area contributed by atoms with Crippen molar-refractivity contribution in [3.8, 4) is 22.9 Å². The van der Waals surface area contributed by atoms with Crippen LogP contribution in [0.4, 0.5) is 16.3 Å². The minimum atomic E-state index is -0.212. The second kappa shape index (κ2) is 10.4. The SMILES string of the molecule is O=C1N(c2cccc(-c3cccc(-n4c(=O)n(-c5ccccc5)c5ccccc54)n3)n2)C2=CC=CCC2N1c1ccccc1. The summed E-state index contributed by atoms with van der Waals surface area (Å²) in [6.45, 7) is 0. The molecular weight excluding hydrogens is 548 g/mol. The zero-order chi connectivity index (χ0) is 29.6. The number of allylic oxidation sites excluding steroid dienone is 2. The summed E-state index contributed by atoms with van der Waals surface area (Å²) in [6.07, 6.45) is 6.77. The largest absolute Gasteiger partial charge is 0.339 e. The summed E-state index contributed by atoms with van der Waals surface area (Å²) in [5.74, 6) is 1.00. The van der Waals surface area contributed by atoms with Gasteiger partial charge < -0.3 is 0 Å². The van der Waals surface area contributed by atoms with E-state index in [0.717, 1.165) is 34.5 Å². The van der Waals surface area contributed by atoms with Gasteiger partial charge in [0.05, 0.1) is 39.8 Å². The smallest absolute Gasteiger partial charge is 0.284 e. The van der Waals surface area contributed by atoms with Gasteiger partial charge >= 0.3 is 11.7 Å². The monoisotopic (exact) mass is 574 g/mol. The van der Waals surface area contributed by atoms with E-state index in [1.54, 1.807) is 14.0 Å². The van der Waals surface area contributed by atoms with Crippen LogP contribution in [0.25, 0.3) is 33.9 Å². The molecule has 0 N–H and O–H groups in total. The lowest BCUT2D eigenvalue weighted by atomic mass is 10.0. The Bertz CT molecular complexity index is 2160. The van der Waals surface area contributed by atoms with Crippen molar-refractivity contribution in [2.75, 3.05) is 9.80 Å². The molecule has 44 heavy (non-hydrogen) atoms. The first-order valence-corrected chi connectivity index (χ1v) is 14.5. The fraction of sp³-hybridized carbons (Fsp3) is 0.0556. The molecule has 1 fully saturated rings. The molecule has 4 heterocycles. The number of nitrogens with zero attached hydrogens (tertiary/aromatic N) is 6. The maximum absolute atomic E-state index is 13.9. The lowest BCUT2D eigenvalue weighted by Gasteiger charge is -2.23. The average molecular weight is 575 g/mol. The molecule has 1 aliphatic carbocycles. The molecule has 8 rings (SSSR count). The fourth-order valence-electron chi connectivity index (χ4n) is 6.11. The summed E-state index contributed by atoms with van der Waals surface area (Å²) >= 11 is 0. The number of carbonyl (C=O) groups excluding carboxylic acids is 1. The highest BCUT2D eigenvalue weighted by molar-refractivity contribution is 6.10. The van der Waals surface area contributed by atoms with Crippen molar-refractivity contribution in [3.63, 3.8) is 0 Å². The molecule has 1 saturated heterocycles. The van der Waals surface area contributed by atoms with Crippen molar-refractivity contribution in [3.05, 3.63) is 156 Å². The zero-order valence-electron chi connectivity index (χ0n) is 23.6. The number of para-hydroxylation sites is 4. The van der Waals surface area contributed by atoms with Crippen molar-refractivity contribution in [2.24, 2.45) is 0 Å². The van der Waals surface area contributed by atoms with E-state index in [2.05, 4.69) is 6.08 Å².